The summed E-state index contributed by atoms with van der Waals surface area (Å²) < 4.78 is 0. The molecule has 1 aliphatic heterocycles. The van der Waals surface area contributed by atoms with Crippen molar-refractivity contribution in [2.75, 3.05) is 20.1 Å². The van der Waals surface area contributed by atoms with E-state index in [1.54, 1.807) is 5.57 Å². The molecular formula is C26H35N. The van der Waals surface area contributed by atoms with Crippen LogP contribution < -0.4 is 0 Å². The first kappa shape index (κ1) is 19.9. The van der Waals surface area contributed by atoms with Gasteiger partial charge in [-0.3, -0.25) is 0 Å². The molecule has 0 aromatic heterocycles. The molecule has 1 heteroatoms. The molecule has 1 aliphatic carbocycles. The van der Waals surface area contributed by atoms with Crippen LogP contribution in [-0.4, -0.2) is 25.0 Å². The van der Waals surface area contributed by atoms with Gasteiger partial charge in [-0.15, -0.1) is 0 Å². The third kappa shape index (κ3) is 4.52. The van der Waals surface area contributed by atoms with Crippen molar-refractivity contribution in [1.82, 2.24) is 4.90 Å². The van der Waals surface area contributed by atoms with Crippen molar-refractivity contribution in [1.29, 1.82) is 0 Å². The van der Waals surface area contributed by atoms with Crippen LogP contribution in [0.15, 0.2) is 54.2 Å². The van der Waals surface area contributed by atoms with Gasteiger partial charge < -0.3 is 4.90 Å². The Kier molecular flexibility index (Phi) is 6.55. The smallest absolute Gasteiger partial charge is 0.00875 e. The third-order valence-electron chi connectivity index (χ3n) is 6.21. The van der Waals surface area contributed by atoms with Gasteiger partial charge in [0, 0.05) is 19.0 Å². The van der Waals surface area contributed by atoms with Crippen LogP contribution in [0.5, 0.6) is 0 Å². The summed E-state index contributed by atoms with van der Waals surface area (Å²) in [6, 6.07) is 7.05. The van der Waals surface area contributed by atoms with Gasteiger partial charge >= 0.3 is 0 Å². The molecule has 1 saturated carbocycles. The molecule has 0 unspecified atom stereocenters. The highest BCUT2D eigenvalue weighted by molar-refractivity contribution is 5.79. The third-order valence-corrected chi connectivity index (χ3v) is 6.21. The molecule has 2 fully saturated rings. The molecule has 3 rings (SSSR count). The van der Waals surface area contributed by atoms with Gasteiger partial charge in [0.1, 0.15) is 0 Å². The average Bonchev–Trinajstić information content (AvgIpc) is 2.60. The minimum atomic E-state index is 0.623. The topological polar surface area (TPSA) is 3.24 Å². The Morgan fingerprint density at radius 1 is 1.19 bits per heavy atom. The highest BCUT2D eigenvalue weighted by Gasteiger charge is 2.24. The maximum Gasteiger partial charge on any atom is 0.00875 e. The lowest BCUT2D eigenvalue weighted by Crippen LogP contribution is -2.44. The van der Waals surface area contributed by atoms with E-state index in [1.807, 2.05) is 0 Å². The van der Waals surface area contributed by atoms with E-state index in [1.165, 1.54) is 52.7 Å². The number of nitrogens with zero attached hydrogens (tertiary/aromatic N) is 1. The van der Waals surface area contributed by atoms with E-state index in [9.17, 15) is 0 Å². The first-order valence-corrected chi connectivity index (χ1v) is 10.6. The van der Waals surface area contributed by atoms with E-state index in [-0.39, 0.29) is 0 Å². The number of likely N-dealkylation sites (tertiary alicyclic amines) is 1. The van der Waals surface area contributed by atoms with E-state index in [2.05, 4.69) is 75.7 Å². The molecule has 1 heterocycles. The predicted molar refractivity (Wildman–Crippen MR) is 120 cm³/mol. The lowest BCUT2D eigenvalue weighted by molar-refractivity contribution is 0.164. The molecule has 0 N–H and O–H groups in total. The first-order valence-electron chi connectivity index (χ1n) is 10.6. The second kappa shape index (κ2) is 8.89. The van der Waals surface area contributed by atoms with Crippen LogP contribution in [-0.2, 0) is 6.42 Å². The van der Waals surface area contributed by atoms with Gasteiger partial charge in [-0.2, -0.15) is 0 Å². The van der Waals surface area contributed by atoms with Crippen molar-refractivity contribution < 1.29 is 0 Å². The largest absolute Gasteiger partial charge is 0.305 e. The molecule has 0 amide bonds. The van der Waals surface area contributed by atoms with E-state index in [4.69, 9.17) is 0 Å². The van der Waals surface area contributed by atoms with E-state index in [0.29, 0.717) is 5.92 Å². The Morgan fingerprint density at radius 2 is 1.93 bits per heavy atom. The summed E-state index contributed by atoms with van der Waals surface area (Å²) in [7, 11) is 2.17. The van der Waals surface area contributed by atoms with Crippen molar-refractivity contribution in [3.63, 3.8) is 0 Å². The summed E-state index contributed by atoms with van der Waals surface area (Å²) in [5, 5.41) is 0. The molecule has 1 aromatic rings. The van der Waals surface area contributed by atoms with Gasteiger partial charge in [-0.1, -0.05) is 56.4 Å². The van der Waals surface area contributed by atoms with Crippen LogP contribution in [0.4, 0.5) is 0 Å². The van der Waals surface area contributed by atoms with Crippen molar-refractivity contribution in [3.8, 4) is 0 Å². The SMILES string of the molecule is C=C(/C=C\C(=C/CC)c1ccc(CC)c(C(C)=C2CCC2)c1)C1CN(C)C1. The Bertz CT molecular complexity index is 778. The predicted octanol–water partition coefficient (Wildman–Crippen LogP) is 6.67. The van der Waals surface area contributed by atoms with Crippen LogP contribution in [0.1, 0.15) is 63.1 Å². The molecule has 0 bridgehead atoms. The number of hydrogen-bond acceptors (Lipinski definition) is 1. The van der Waals surface area contributed by atoms with Crippen molar-refractivity contribution in [2.24, 2.45) is 5.92 Å². The molecular weight excluding hydrogens is 326 g/mol. The Balaban J connectivity index is 1.87. The zero-order chi connectivity index (χ0) is 19.4. The Morgan fingerprint density at radius 3 is 2.48 bits per heavy atom. The summed E-state index contributed by atoms with van der Waals surface area (Å²) >= 11 is 0. The fourth-order valence-corrected chi connectivity index (χ4v) is 4.10. The summed E-state index contributed by atoms with van der Waals surface area (Å²) in [6.07, 6.45) is 12.9. The second-order valence-electron chi connectivity index (χ2n) is 8.20. The normalized spacial score (nSPS) is 18.5. The molecule has 1 saturated heterocycles. The summed E-state index contributed by atoms with van der Waals surface area (Å²) in [4.78, 5) is 2.35. The molecule has 2 aliphatic rings. The lowest BCUT2D eigenvalue weighted by Gasteiger charge is -2.36. The molecule has 0 radical (unpaired) electrons. The number of hydrogen-bond donors (Lipinski definition) is 0. The van der Waals surface area contributed by atoms with Gasteiger partial charge in [-0.25, -0.2) is 0 Å². The van der Waals surface area contributed by atoms with Crippen LogP contribution in [0.2, 0.25) is 0 Å². The number of benzene rings is 1. The quantitative estimate of drug-likeness (QED) is 0.490. The van der Waals surface area contributed by atoms with E-state index in [0.717, 1.165) is 25.9 Å². The van der Waals surface area contributed by atoms with E-state index < -0.39 is 0 Å². The maximum absolute atomic E-state index is 4.30. The van der Waals surface area contributed by atoms with Crippen LogP contribution >= 0.6 is 0 Å². The molecule has 27 heavy (non-hydrogen) atoms. The zero-order valence-electron chi connectivity index (χ0n) is 17.6. The minimum Gasteiger partial charge on any atom is -0.305 e. The molecule has 1 aromatic carbocycles. The summed E-state index contributed by atoms with van der Waals surface area (Å²) in [5.41, 5.74) is 10.0. The molecule has 144 valence electrons. The zero-order valence-corrected chi connectivity index (χ0v) is 17.6. The van der Waals surface area contributed by atoms with Gasteiger partial charge in [0.25, 0.3) is 0 Å². The van der Waals surface area contributed by atoms with Crippen LogP contribution in [0, 0.1) is 5.92 Å². The highest BCUT2D eigenvalue weighted by Crippen LogP contribution is 2.36. The summed E-state index contributed by atoms with van der Waals surface area (Å²) in [6.45, 7) is 13.4. The standard InChI is InChI=1S/C26H35N/c1-6-9-23(13-12-19(3)25-17-27(5)18-25)24-15-14-21(7-2)26(16-24)20(4)22-10-8-11-22/h9,12-16,25H,3,6-8,10-11,17-18H2,1-2,4-5H3/b13-12-,23-9+. The van der Waals surface area contributed by atoms with Crippen molar-refractivity contribution in [2.45, 2.75) is 52.9 Å². The van der Waals surface area contributed by atoms with Crippen LogP contribution in [0.3, 0.4) is 0 Å². The number of rotatable bonds is 7. The maximum atomic E-state index is 4.30. The molecule has 0 spiro atoms. The van der Waals surface area contributed by atoms with Gasteiger partial charge in [0.05, 0.1) is 0 Å². The number of allylic oxidation sites excluding steroid dienone is 6. The first-order chi connectivity index (χ1) is 13.0. The van der Waals surface area contributed by atoms with Gasteiger partial charge in [0.15, 0.2) is 0 Å². The van der Waals surface area contributed by atoms with Crippen LogP contribution in [0.25, 0.3) is 11.1 Å². The fourth-order valence-electron chi connectivity index (χ4n) is 4.10. The average molecular weight is 362 g/mol. The second-order valence-corrected chi connectivity index (χ2v) is 8.20. The molecule has 1 nitrogen and oxygen atoms in total. The Labute approximate surface area is 166 Å². The van der Waals surface area contributed by atoms with Gasteiger partial charge in [0.2, 0.25) is 0 Å². The summed E-state index contributed by atoms with van der Waals surface area (Å²) in [5.74, 6) is 0.623. The molecule has 0 atom stereocenters. The number of aryl methyl sites for hydroxylation is 1. The minimum absolute atomic E-state index is 0.623. The van der Waals surface area contributed by atoms with Gasteiger partial charge in [-0.05, 0) is 85.6 Å². The fraction of sp³-hybridized carbons (Fsp3) is 0.462. The highest BCUT2D eigenvalue weighted by atomic mass is 15.2. The van der Waals surface area contributed by atoms with Crippen molar-refractivity contribution in [3.05, 3.63) is 70.8 Å². The van der Waals surface area contributed by atoms with E-state index >= 15 is 0 Å². The van der Waals surface area contributed by atoms with Crippen molar-refractivity contribution >= 4 is 11.1 Å². The lowest BCUT2D eigenvalue weighted by atomic mass is 9.83. The Hall–Kier alpha value is -1.86. The monoisotopic (exact) mass is 361 g/mol.